The van der Waals surface area contributed by atoms with Gasteiger partial charge in [-0.25, -0.2) is 14.6 Å². The summed E-state index contributed by atoms with van der Waals surface area (Å²) in [6, 6.07) is 19.0. The van der Waals surface area contributed by atoms with Crippen molar-refractivity contribution >= 4 is 34.1 Å². The van der Waals surface area contributed by atoms with Crippen LogP contribution in [-0.4, -0.2) is 63.9 Å². The van der Waals surface area contributed by atoms with E-state index in [1.165, 1.54) is 0 Å². The quantitative estimate of drug-likeness (QED) is 0.371. The lowest BCUT2D eigenvalue weighted by Gasteiger charge is -2.37. The Morgan fingerprint density at radius 2 is 1.68 bits per heavy atom. The predicted molar refractivity (Wildman–Crippen MR) is 146 cm³/mol. The molecule has 0 aliphatic carbocycles. The predicted octanol–water partition coefficient (Wildman–Crippen LogP) is 3.80. The Kier molecular flexibility index (Phi) is 6.27. The first-order valence-corrected chi connectivity index (χ1v) is 12.3. The van der Waals surface area contributed by atoms with Gasteiger partial charge in [0.2, 0.25) is 0 Å². The first kappa shape index (κ1) is 23.4. The van der Waals surface area contributed by atoms with Gasteiger partial charge in [-0.1, -0.05) is 18.2 Å². The van der Waals surface area contributed by atoms with Crippen LogP contribution in [0.3, 0.4) is 0 Å². The number of rotatable bonds is 6. The first-order chi connectivity index (χ1) is 18.7. The van der Waals surface area contributed by atoms with Gasteiger partial charge in [-0.2, -0.15) is 5.10 Å². The Bertz CT molecular complexity index is 1560. The first-order valence-electron chi connectivity index (χ1n) is 12.3. The van der Waals surface area contributed by atoms with E-state index in [9.17, 15) is 4.79 Å². The third kappa shape index (κ3) is 4.47. The zero-order chi connectivity index (χ0) is 25.9. The summed E-state index contributed by atoms with van der Waals surface area (Å²) in [6.07, 6.45) is 6.64. The van der Waals surface area contributed by atoms with E-state index in [4.69, 9.17) is 4.74 Å². The van der Waals surface area contributed by atoms with E-state index >= 15 is 0 Å². The van der Waals surface area contributed by atoms with Gasteiger partial charge in [0.05, 0.1) is 30.1 Å². The maximum Gasteiger partial charge on any atom is 0.255 e. The Morgan fingerprint density at radius 3 is 2.45 bits per heavy atom. The molecule has 10 nitrogen and oxygen atoms in total. The van der Waals surface area contributed by atoms with Crippen molar-refractivity contribution in [3.8, 4) is 11.4 Å². The topological polar surface area (TPSA) is 101 Å². The molecule has 0 saturated carbocycles. The minimum atomic E-state index is -0.183. The van der Waals surface area contributed by atoms with Crippen LogP contribution in [0.1, 0.15) is 10.4 Å². The largest absolute Gasteiger partial charge is 0.495 e. The van der Waals surface area contributed by atoms with Crippen LogP contribution in [-0.2, 0) is 0 Å². The summed E-state index contributed by atoms with van der Waals surface area (Å²) >= 11 is 0. The van der Waals surface area contributed by atoms with Gasteiger partial charge in [0.1, 0.15) is 17.9 Å². The summed E-state index contributed by atoms with van der Waals surface area (Å²) in [5, 5.41) is 8.48. The van der Waals surface area contributed by atoms with Crippen molar-refractivity contribution in [3.63, 3.8) is 0 Å². The highest BCUT2D eigenvalue weighted by Gasteiger charge is 2.24. The average Bonchev–Trinajstić information content (AvgIpc) is 3.43. The fourth-order valence-electron chi connectivity index (χ4n) is 4.72. The molecule has 1 amide bonds. The number of pyridine rings is 1. The fraction of sp³-hybridized carbons (Fsp3) is 0.179. The molecule has 1 N–H and O–H groups in total. The van der Waals surface area contributed by atoms with Crippen LogP contribution < -0.4 is 19.9 Å². The third-order valence-electron chi connectivity index (χ3n) is 6.64. The van der Waals surface area contributed by atoms with Gasteiger partial charge in [-0.05, 0) is 42.5 Å². The van der Waals surface area contributed by atoms with Crippen LogP contribution >= 0.6 is 0 Å². The molecule has 38 heavy (non-hydrogen) atoms. The summed E-state index contributed by atoms with van der Waals surface area (Å²) in [5.74, 6) is 1.45. The van der Waals surface area contributed by atoms with Crippen molar-refractivity contribution in [3.05, 3.63) is 91.1 Å². The number of nitrogens with one attached hydrogen (secondary N) is 1. The smallest absolute Gasteiger partial charge is 0.255 e. The fourth-order valence-corrected chi connectivity index (χ4v) is 4.72. The van der Waals surface area contributed by atoms with Crippen molar-refractivity contribution in [2.24, 2.45) is 0 Å². The second-order valence-corrected chi connectivity index (χ2v) is 8.88. The number of fused-ring (bicyclic) bond motifs is 1. The number of amides is 1. The molecular formula is C28H26N8O2. The number of anilines is 3. The van der Waals surface area contributed by atoms with Gasteiger partial charge in [0.25, 0.3) is 5.91 Å². The Balaban J connectivity index is 1.20. The van der Waals surface area contributed by atoms with Gasteiger partial charge in [0.15, 0.2) is 5.65 Å². The number of aromatic nitrogens is 5. The van der Waals surface area contributed by atoms with E-state index in [0.29, 0.717) is 11.3 Å². The van der Waals surface area contributed by atoms with Gasteiger partial charge in [0, 0.05) is 49.8 Å². The standard InChI is InChI=1S/C28H26N8O2/c1-38-25-8-7-21(33-28(37)20-9-11-29-12-10-20)17-24(25)34-13-15-35(16-14-34)26-23-18-32-36(27(23)31-19-30-26)22-5-3-2-4-6-22/h2-12,17-19H,13-16H2,1H3,(H,33,37). The molecule has 2 aromatic carbocycles. The number of methoxy groups -OCH3 is 1. The van der Waals surface area contributed by atoms with Gasteiger partial charge < -0.3 is 19.9 Å². The van der Waals surface area contributed by atoms with Gasteiger partial charge >= 0.3 is 0 Å². The van der Waals surface area contributed by atoms with Crippen LogP contribution in [0.5, 0.6) is 5.75 Å². The molecule has 0 atom stereocenters. The molecule has 1 fully saturated rings. The van der Waals surface area contributed by atoms with Crippen molar-refractivity contribution in [2.45, 2.75) is 0 Å². The van der Waals surface area contributed by atoms with E-state index in [2.05, 4.69) is 35.2 Å². The maximum absolute atomic E-state index is 12.6. The molecule has 1 aliphatic rings. The van der Waals surface area contributed by atoms with Crippen LogP contribution in [0.15, 0.2) is 85.6 Å². The Morgan fingerprint density at radius 1 is 0.921 bits per heavy atom. The number of para-hydroxylation sites is 1. The van der Waals surface area contributed by atoms with Gasteiger partial charge in [-0.15, -0.1) is 0 Å². The summed E-state index contributed by atoms with van der Waals surface area (Å²) in [5.41, 5.74) is 3.93. The number of hydrogen-bond acceptors (Lipinski definition) is 8. The Hall–Kier alpha value is -4.99. The lowest BCUT2D eigenvalue weighted by atomic mass is 10.2. The van der Waals surface area contributed by atoms with Crippen molar-refractivity contribution in [2.75, 3.05) is 48.4 Å². The number of hydrogen-bond donors (Lipinski definition) is 1. The normalized spacial score (nSPS) is 13.5. The molecule has 5 aromatic rings. The number of piperazine rings is 1. The Labute approximate surface area is 219 Å². The number of ether oxygens (including phenoxy) is 1. The minimum Gasteiger partial charge on any atom is -0.495 e. The second-order valence-electron chi connectivity index (χ2n) is 8.88. The highest BCUT2D eigenvalue weighted by molar-refractivity contribution is 6.04. The van der Waals surface area contributed by atoms with Crippen LogP contribution in [0, 0.1) is 0 Å². The third-order valence-corrected chi connectivity index (χ3v) is 6.64. The van der Waals surface area contributed by atoms with Crippen LogP contribution in [0.25, 0.3) is 16.7 Å². The molecule has 3 aromatic heterocycles. The minimum absolute atomic E-state index is 0.183. The van der Waals surface area contributed by atoms with Crippen molar-refractivity contribution in [1.82, 2.24) is 24.7 Å². The maximum atomic E-state index is 12.6. The van der Waals surface area contributed by atoms with Crippen molar-refractivity contribution < 1.29 is 9.53 Å². The zero-order valence-electron chi connectivity index (χ0n) is 20.9. The van der Waals surface area contributed by atoms with E-state index in [0.717, 1.165) is 60.2 Å². The monoisotopic (exact) mass is 506 g/mol. The number of benzene rings is 2. The van der Waals surface area contributed by atoms with Gasteiger partial charge in [-0.3, -0.25) is 9.78 Å². The molecule has 1 aliphatic heterocycles. The van der Waals surface area contributed by atoms with Crippen LogP contribution in [0.4, 0.5) is 17.2 Å². The van der Waals surface area contributed by atoms with E-state index in [-0.39, 0.29) is 5.91 Å². The summed E-state index contributed by atoms with van der Waals surface area (Å²) in [6.45, 7) is 3.05. The van der Waals surface area contributed by atoms with Crippen LogP contribution in [0.2, 0.25) is 0 Å². The number of nitrogens with zero attached hydrogens (tertiary/aromatic N) is 7. The molecule has 0 radical (unpaired) electrons. The molecule has 6 rings (SSSR count). The second kappa shape index (κ2) is 10.2. The molecule has 0 bridgehead atoms. The zero-order valence-corrected chi connectivity index (χ0v) is 20.9. The summed E-state index contributed by atoms with van der Waals surface area (Å²) < 4.78 is 7.49. The molecule has 1 saturated heterocycles. The van der Waals surface area contributed by atoms with E-state index < -0.39 is 0 Å². The lowest BCUT2D eigenvalue weighted by molar-refractivity contribution is 0.102. The lowest BCUT2D eigenvalue weighted by Crippen LogP contribution is -2.47. The molecule has 190 valence electrons. The molecule has 4 heterocycles. The van der Waals surface area contributed by atoms with E-state index in [1.54, 1.807) is 38.0 Å². The summed E-state index contributed by atoms with van der Waals surface area (Å²) in [7, 11) is 1.66. The number of carbonyl (C=O) groups is 1. The molecule has 0 unspecified atom stereocenters. The highest BCUT2D eigenvalue weighted by atomic mass is 16.5. The molecule has 10 heteroatoms. The van der Waals surface area contributed by atoms with E-state index in [1.807, 2.05) is 59.4 Å². The van der Waals surface area contributed by atoms with Crippen molar-refractivity contribution in [1.29, 1.82) is 0 Å². The average molecular weight is 507 g/mol. The molecular weight excluding hydrogens is 480 g/mol. The number of carbonyl (C=O) groups excluding carboxylic acids is 1. The molecule has 0 spiro atoms. The highest BCUT2D eigenvalue weighted by Crippen LogP contribution is 2.33. The summed E-state index contributed by atoms with van der Waals surface area (Å²) in [4.78, 5) is 30.3. The SMILES string of the molecule is COc1ccc(NC(=O)c2ccncc2)cc1N1CCN(c2ncnc3c2cnn3-c2ccccc2)CC1.